The van der Waals surface area contributed by atoms with E-state index in [-0.39, 0.29) is 11.2 Å². The molecule has 0 saturated heterocycles. The van der Waals surface area contributed by atoms with Crippen molar-refractivity contribution in [2.45, 2.75) is 44.6 Å². The minimum Gasteiger partial charge on any atom is -0.355 e. The van der Waals surface area contributed by atoms with Gasteiger partial charge in [-0.3, -0.25) is 4.79 Å². The molecule has 114 valence electrons. The van der Waals surface area contributed by atoms with Gasteiger partial charge in [0.1, 0.15) is 0 Å². The van der Waals surface area contributed by atoms with Gasteiger partial charge >= 0.3 is 0 Å². The molecule has 1 aromatic heterocycles. The topological polar surface area (TPSA) is 84.7 Å². The maximum absolute atomic E-state index is 11.7. The fourth-order valence-corrected chi connectivity index (χ4v) is 2.37. The van der Waals surface area contributed by atoms with E-state index in [4.69, 9.17) is 0 Å². The number of thioether (sulfide) groups is 1. The zero-order chi connectivity index (χ0) is 15.0. The molecule has 0 radical (unpaired) electrons. The number of tetrazole rings is 1. The molecule has 0 spiro atoms. The van der Waals surface area contributed by atoms with Gasteiger partial charge in [0.2, 0.25) is 11.1 Å². The highest BCUT2D eigenvalue weighted by Gasteiger charge is 2.17. The number of rotatable bonds is 9. The van der Waals surface area contributed by atoms with Gasteiger partial charge in [0.25, 0.3) is 0 Å². The summed E-state index contributed by atoms with van der Waals surface area (Å²) in [6.45, 7) is 11.2. The summed E-state index contributed by atoms with van der Waals surface area (Å²) in [4.78, 5) is 11.7. The molecule has 1 aromatic rings. The van der Waals surface area contributed by atoms with Crippen molar-refractivity contribution in [3.05, 3.63) is 0 Å². The Balaban J connectivity index is 2.43. The van der Waals surface area contributed by atoms with Crippen molar-refractivity contribution >= 4 is 17.7 Å². The van der Waals surface area contributed by atoms with Crippen molar-refractivity contribution in [1.82, 2.24) is 30.8 Å². The molecule has 1 heterocycles. The minimum atomic E-state index is -0.205. The van der Waals surface area contributed by atoms with Crippen molar-refractivity contribution < 1.29 is 4.79 Å². The van der Waals surface area contributed by atoms with Crippen molar-refractivity contribution in [2.75, 3.05) is 19.6 Å². The van der Waals surface area contributed by atoms with Crippen LogP contribution in [0.2, 0.25) is 0 Å². The fourth-order valence-electron chi connectivity index (χ4n) is 1.53. The highest BCUT2D eigenvalue weighted by Crippen LogP contribution is 2.19. The van der Waals surface area contributed by atoms with Gasteiger partial charge in [-0.15, -0.1) is 5.10 Å². The Kier molecular flexibility index (Phi) is 7.53. The smallest absolute Gasteiger partial charge is 0.233 e. The van der Waals surface area contributed by atoms with Gasteiger partial charge in [0.15, 0.2) is 0 Å². The lowest BCUT2D eigenvalue weighted by Gasteiger charge is -2.11. The van der Waals surface area contributed by atoms with Crippen LogP contribution in [0.3, 0.4) is 0 Å². The first kappa shape index (κ1) is 16.9. The summed E-state index contributed by atoms with van der Waals surface area (Å²) in [7, 11) is 0. The SMILES string of the molecule is CCNC(=O)C(C)Sc1nnnn1CCNCC(C)C. The molecule has 0 aromatic carbocycles. The number of nitrogens with zero attached hydrogens (tertiary/aromatic N) is 4. The number of nitrogens with one attached hydrogen (secondary N) is 2. The van der Waals surface area contributed by atoms with Crippen LogP contribution in [0.4, 0.5) is 0 Å². The van der Waals surface area contributed by atoms with Crippen LogP contribution >= 0.6 is 11.8 Å². The Morgan fingerprint density at radius 3 is 2.80 bits per heavy atom. The second-order valence-electron chi connectivity index (χ2n) is 4.94. The van der Waals surface area contributed by atoms with Crippen LogP contribution in [0.5, 0.6) is 0 Å². The Labute approximate surface area is 124 Å². The van der Waals surface area contributed by atoms with Crippen molar-refractivity contribution in [3.8, 4) is 0 Å². The van der Waals surface area contributed by atoms with Gasteiger partial charge in [0.05, 0.1) is 11.8 Å². The summed E-state index contributed by atoms with van der Waals surface area (Å²) in [6.07, 6.45) is 0. The van der Waals surface area contributed by atoms with E-state index in [0.29, 0.717) is 24.2 Å². The standard InChI is InChI=1S/C12H24N6OS/c1-5-14-11(19)10(4)20-12-15-16-17-18(12)7-6-13-8-9(2)3/h9-10,13H,5-8H2,1-4H3,(H,14,19). The van der Waals surface area contributed by atoms with Gasteiger partial charge < -0.3 is 10.6 Å². The maximum Gasteiger partial charge on any atom is 0.233 e. The van der Waals surface area contributed by atoms with E-state index in [0.717, 1.165) is 13.1 Å². The summed E-state index contributed by atoms with van der Waals surface area (Å²) in [6, 6.07) is 0. The molecule has 1 amide bonds. The van der Waals surface area contributed by atoms with Gasteiger partial charge in [-0.1, -0.05) is 25.6 Å². The third kappa shape index (κ3) is 5.87. The Morgan fingerprint density at radius 2 is 2.15 bits per heavy atom. The second kappa shape index (κ2) is 8.91. The Morgan fingerprint density at radius 1 is 1.40 bits per heavy atom. The third-order valence-corrected chi connectivity index (χ3v) is 3.63. The molecular weight excluding hydrogens is 276 g/mol. The van der Waals surface area contributed by atoms with Crippen LogP contribution in [0.1, 0.15) is 27.7 Å². The quantitative estimate of drug-likeness (QED) is 0.511. The van der Waals surface area contributed by atoms with E-state index < -0.39 is 0 Å². The molecule has 7 nitrogen and oxygen atoms in total. The average molecular weight is 300 g/mol. The Hall–Kier alpha value is -1.15. The molecule has 0 aliphatic heterocycles. The van der Waals surface area contributed by atoms with E-state index in [1.165, 1.54) is 11.8 Å². The zero-order valence-corrected chi connectivity index (χ0v) is 13.4. The van der Waals surface area contributed by atoms with Crippen molar-refractivity contribution in [1.29, 1.82) is 0 Å². The lowest BCUT2D eigenvalue weighted by atomic mass is 10.2. The molecule has 1 atom stereocenters. The predicted octanol–water partition coefficient (Wildman–Crippen LogP) is 0.535. The lowest BCUT2D eigenvalue weighted by Crippen LogP contribution is -2.31. The summed E-state index contributed by atoms with van der Waals surface area (Å²) in [5, 5.41) is 18.2. The highest BCUT2D eigenvalue weighted by molar-refractivity contribution is 8.00. The fraction of sp³-hybridized carbons (Fsp3) is 0.833. The molecule has 0 aliphatic rings. The molecule has 1 unspecified atom stereocenters. The van der Waals surface area contributed by atoms with E-state index in [2.05, 4.69) is 40.0 Å². The van der Waals surface area contributed by atoms with Gasteiger partial charge in [-0.2, -0.15) is 0 Å². The maximum atomic E-state index is 11.7. The lowest BCUT2D eigenvalue weighted by molar-refractivity contribution is -0.120. The predicted molar refractivity (Wildman–Crippen MR) is 79.5 cm³/mol. The van der Waals surface area contributed by atoms with Crippen LogP contribution in [-0.4, -0.2) is 51.0 Å². The molecule has 20 heavy (non-hydrogen) atoms. The van der Waals surface area contributed by atoms with E-state index in [9.17, 15) is 4.79 Å². The number of aromatic nitrogens is 4. The Bertz CT molecular complexity index is 408. The zero-order valence-electron chi connectivity index (χ0n) is 12.6. The summed E-state index contributed by atoms with van der Waals surface area (Å²) < 4.78 is 1.73. The monoisotopic (exact) mass is 300 g/mol. The molecule has 0 aliphatic carbocycles. The molecule has 0 saturated carbocycles. The first-order valence-electron chi connectivity index (χ1n) is 6.95. The van der Waals surface area contributed by atoms with Crippen LogP contribution in [0, 0.1) is 5.92 Å². The normalized spacial score (nSPS) is 12.7. The number of carbonyl (C=O) groups excluding carboxylic acids is 1. The molecule has 0 bridgehead atoms. The molecule has 2 N–H and O–H groups in total. The van der Waals surface area contributed by atoms with Crippen molar-refractivity contribution in [2.24, 2.45) is 5.92 Å². The average Bonchev–Trinajstić information content (AvgIpc) is 2.82. The van der Waals surface area contributed by atoms with Gasteiger partial charge in [-0.05, 0) is 36.7 Å². The summed E-state index contributed by atoms with van der Waals surface area (Å²) >= 11 is 1.38. The minimum absolute atomic E-state index is 0.00461. The number of amides is 1. The summed E-state index contributed by atoms with van der Waals surface area (Å²) in [5.74, 6) is 0.625. The van der Waals surface area contributed by atoms with Crippen LogP contribution in [0.15, 0.2) is 5.16 Å². The summed E-state index contributed by atoms with van der Waals surface area (Å²) in [5.41, 5.74) is 0. The molecule has 8 heteroatoms. The van der Waals surface area contributed by atoms with E-state index >= 15 is 0 Å². The molecule has 0 fully saturated rings. The van der Waals surface area contributed by atoms with E-state index in [1.807, 2.05) is 13.8 Å². The molecule has 1 rings (SSSR count). The van der Waals surface area contributed by atoms with E-state index in [1.54, 1.807) is 4.68 Å². The first-order valence-corrected chi connectivity index (χ1v) is 7.83. The van der Waals surface area contributed by atoms with Crippen LogP contribution < -0.4 is 10.6 Å². The van der Waals surface area contributed by atoms with Gasteiger partial charge in [-0.25, -0.2) is 4.68 Å². The number of carbonyl (C=O) groups is 1. The molecular formula is C12H24N6OS. The number of hydrogen-bond acceptors (Lipinski definition) is 6. The first-order chi connectivity index (χ1) is 9.54. The van der Waals surface area contributed by atoms with Crippen LogP contribution in [-0.2, 0) is 11.3 Å². The highest BCUT2D eigenvalue weighted by atomic mass is 32.2. The van der Waals surface area contributed by atoms with Crippen LogP contribution in [0.25, 0.3) is 0 Å². The third-order valence-electron chi connectivity index (χ3n) is 2.55. The van der Waals surface area contributed by atoms with Crippen molar-refractivity contribution in [3.63, 3.8) is 0 Å². The second-order valence-corrected chi connectivity index (χ2v) is 6.25. The number of hydrogen-bond donors (Lipinski definition) is 2. The van der Waals surface area contributed by atoms with Gasteiger partial charge in [0, 0.05) is 13.1 Å². The largest absolute Gasteiger partial charge is 0.355 e.